The standard InChI is InChI=1S/C21H22N6O2/c1-25-12-18(24-13-25)15-10-17-20(16(15)11-22)19(4-5-23-17)26-6-8-27(9-7-26)21(28)29-14-2-3-14/h4-5,12-14H,2-3,6-10H2,1H3. The lowest BCUT2D eigenvalue weighted by atomic mass is 10.0. The number of nitriles is 1. The van der Waals surface area contributed by atoms with Crippen molar-refractivity contribution in [2.24, 2.45) is 7.05 Å². The summed E-state index contributed by atoms with van der Waals surface area (Å²) in [6.07, 6.45) is 7.97. The molecule has 2 aliphatic carbocycles. The van der Waals surface area contributed by atoms with Crippen LogP contribution in [0.25, 0.3) is 11.1 Å². The van der Waals surface area contributed by atoms with Gasteiger partial charge in [0.15, 0.2) is 0 Å². The van der Waals surface area contributed by atoms with Gasteiger partial charge in [-0.05, 0) is 18.9 Å². The number of aryl methyl sites for hydroxylation is 1. The van der Waals surface area contributed by atoms with Crippen molar-refractivity contribution in [2.75, 3.05) is 31.1 Å². The first kappa shape index (κ1) is 17.7. The van der Waals surface area contributed by atoms with E-state index in [1.807, 2.05) is 23.9 Å². The van der Waals surface area contributed by atoms with E-state index in [-0.39, 0.29) is 12.2 Å². The van der Waals surface area contributed by atoms with Crippen LogP contribution in [0.3, 0.4) is 0 Å². The number of allylic oxidation sites excluding steroid dienone is 2. The van der Waals surface area contributed by atoms with Gasteiger partial charge in [-0.3, -0.25) is 4.98 Å². The average Bonchev–Trinajstić information content (AvgIpc) is 3.31. The topological polar surface area (TPSA) is 87.3 Å². The average molecular weight is 390 g/mol. The Bertz CT molecular complexity index is 1040. The molecule has 0 spiro atoms. The summed E-state index contributed by atoms with van der Waals surface area (Å²) in [5.41, 5.74) is 5.22. The Hall–Kier alpha value is -3.34. The molecule has 1 saturated carbocycles. The van der Waals surface area contributed by atoms with Crippen molar-refractivity contribution >= 4 is 22.9 Å². The minimum absolute atomic E-state index is 0.123. The number of carbonyl (C=O) groups excluding carboxylic acids is 1. The summed E-state index contributed by atoms with van der Waals surface area (Å²) >= 11 is 0. The summed E-state index contributed by atoms with van der Waals surface area (Å²) in [4.78, 5) is 25.2. The molecule has 0 unspecified atom stereocenters. The van der Waals surface area contributed by atoms with Crippen molar-refractivity contribution in [3.8, 4) is 6.07 Å². The van der Waals surface area contributed by atoms with Crippen molar-refractivity contribution in [1.82, 2.24) is 19.4 Å². The molecule has 0 radical (unpaired) electrons. The highest BCUT2D eigenvalue weighted by molar-refractivity contribution is 6.04. The van der Waals surface area contributed by atoms with E-state index in [9.17, 15) is 10.1 Å². The number of ether oxygens (including phenoxy) is 1. The number of imidazole rings is 1. The Labute approximate surface area is 169 Å². The molecule has 29 heavy (non-hydrogen) atoms. The monoisotopic (exact) mass is 390 g/mol. The molecule has 2 aromatic rings. The molecule has 1 saturated heterocycles. The predicted octanol–water partition coefficient (Wildman–Crippen LogP) is 2.23. The van der Waals surface area contributed by atoms with Crippen LogP contribution in [0.4, 0.5) is 10.5 Å². The van der Waals surface area contributed by atoms with Gasteiger partial charge >= 0.3 is 6.09 Å². The fraction of sp³-hybridized carbons (Fsp3) is 0.429. The van der Waals surface area contributed by atoms with E-state index in [1.54, 1.807) is 17.4 Å². The first-order chi connectivity index (χ1) is 14.1. The quantitative estimate of drug-likeness (QED) is 0.799. The van der Waals surface area contributed by atoms with E-state index < -0.39 is 0 Å². The van der Waals surface area contributed by atoms with Crippen LogP contribution in [-0.4, -0.2) is 57.8 Å². The Morgan fingerprint density at radius 1 is 1.24 bits per heavy atom. The van der Waals surface area contributed by atoms with Crippen molar-refractivity contribution in [1.29, 1.82) is 5.26 Å². The second-order valence-corrected chi connectivity index (χ2v) is 7.78. The third kappa shape index (κ3) is 3.23. The van der Waals surface area contributed by atoms with Crippen molar-refractivity contribution < 1.29 is 9.53 Å². The largest absolute Gasteiger partial charge is 0.446 e. The number of aromatic nitrogens is 3. The molecule has 3 heterocycles. The van der Waals surface area contributed by atoms with Crippen molar-refractivity contribution in [3.63, 3.8) is 0 Å². The molecule has 1 aliphatic heterocycles. The first-order valence-corrected chi connectivity index (χ1v) is 9.94. The first-order valence-electron chi connectivity index (χ1n) is 9.94. The van der Waals surface area contributed by atoms with Gasteiger partial charge in [0.25, 0.3) is 0 Å². The molecule has 1 amide bonds. The normalized spacial score (nSPS) is 18.6. The minimum Gasteiger partial charge on any atom is -0.446 e. The summed E-state index contributed by atoms with van der Waals surface area (Å²) < 4.78 is 7.30. The van der Waals surface area contributed by atoms with Crippen LogP contribution >= 0.6 is 0 Å². The number of fused-ring (bicyclic) bond motifs is 1. The van der Waals surface area contributed by atoms with E-state index in [2.05, 4.69) is 20.9 Å². The lowest BCUT2D eigenvalue weighted by Gasteiger charge is -2.36. The number of carbonyl (C=O) groups is 1. The third-order valence-electron chi connectivity index (χ3n) is 5.70. The molecule has 2 aromatic heterocycles. The fourth-order valence-electron chi connectivity index (χ4n) is 4.01. The van der Waals surface area contributed by atoms with E-state index in [4.69, 9.17) is 4.74 Å². The highest BCUT2D eigenvalue weighted by atomic mass is 16.6. The van der Waals surface area contributed by atoms with Gasteiger partial charge in [0.2, 0.25) is 0 Å². The van der Waals surface area contributed by atoms with Gasteiger partial charge in [-0.15, -0.1) is 0 Å². The SMILES string of the molecule is Cn1cnc(C2=C(C#N)c3c(N4CCN(C(=O)OC5CC5)CC4)ccnc3C2)c1. The van der Waals surface area contributed by atoms with Gasteiger partial charge in [-0.1, -0.05) is 0 Å². The zero-order chi connectivity index (χ0) is 20.0. The van der Waals surface area contributed by atoms with Crippen molar-refractivity contribution in [2.45, 2.75) is 25.4 Å². The summed E-state index contributed by atoms with van der Waals surface area (Å²) in [7, 11) is 1.92. The van der Waals surface area contributed by atoms with Crippen LogP contribution in [0.1, 0.15) is 29.8 Å². The molecular formula is C21H22N6O2. The van der Waals surface area contributed by atoms with Crippen LogP contribution in [0.2, 0.25) is 0 Å². The molecule has 148 valence electrons. The van der Waals surface area contributed by atoms with Gasteiger partial charge in [0, 0.05) is 68.9 Å². The van der Waals surface area contributed by atoms with Gasteiger partial charge in [0.05, 0.1) is 23.3 Å². The molecule has 0 aromatic carbocycles. The van der Waals surface area contributed by atoms with Crippen LogP contribution in [-0.2, 0) is 18.2 Å². The molecule has 2 fully saturated rings. The maximum atomic E-state index is 12.2. The number of piperazine rings is 1. The second kappa shape index (κ2) is 6.92. The Balaban J connectivity index is 1.40. The number of hydrogen-bond acceptors (Lipinski definition) is 6. The molecule has 0 atom stereocenters. The van der Waals surface area contributed by atoms with Crippen LogP contribution in [0.15, 0.2) is 24.8 Å². The number of pyridine rings is 1. The molecule has 0 N–H and O–H groups in total. The Morgan fingerprint density at radius 3 is 2.69 bits per heavy atom. The summed E-state index contributed by atoms with van der Waals surface area (Å²) in [6.45, 7) is 2.63. The molecule has 5 rings (SSSR count). The maximum Gasteiger partial charge on any atom is 0.410 e. The zero-order valence-corrected chi connectivity index (χ0v) is 16.3. The Kier molecular flexibility index (Phi) is 4.23. The maximum absolute atomic E-state index is 12.2. The zero-order valence-electron chi connectivity index (χ0n) is 16.3. The van der Waals surface area contributed by atoms with Gasteiger partial charge in [-0.2, -0.15) is 5.26 Å². The molecular weight excluding hydrogens is 368 g/mol. The molecule has 8 heteroatoms. The highest BCUT2D eigenvalue weighted by Crippen LogP contribution is 2.41. The third-order valence-corrected chi connectivity index (χ3v) is 5.70. The smallest absolute Gasteiger partial charge is 0.410 e. The van der Waals surface area contributed by atoms with E-state index in [0.29, 0.717) is 38.2 Å². The lowest BCUT2D eigenvalue weighted by Crippen LogP contribution is -2.49. The van der Waals surface area contributed by atoms with E-state index >= 15 is 0 Å². The number of anilines is 1. The number of nitrogens with zero attached hydrogens (tertiary/aromatic N) is 6. The minimum atomic E-state index is -0.206. The van der Waals surface area contributed by atoms with Crippen LogP contribution in [0.5, 0.6) is 0 Å². The summed E-state index contributed by atoms with van der Waals surface area (Å²) in [6, 6.07) is 4.36. The van der Waals surface area contributed by atoms with E-state index in [1.165, 1.54) is 0 Å². The lowest BCUT2D eigenvalue weighted by molar-refractivity contribution is 0.0939. The van der Waals surface area contributed by atoms with E-state index in [0.717, 1.165) is 41.1 Å². The highest BCUT2D eigenvalue weighted by Gasteiger charge is 2.33. The van der Waals surface area contributed by atoms with Crippen LogP contribution in [0, 0.1) is 11.3 Å². The summed E-state index contributed by atoms with van der Waals surface area (Å²) in [5.74, 6) is 0. The van der Waals surface area contributed by atoms with Gasteiger partial charge in [0.1, 0.15) is 12.2 Å². The Morgan fingerprint density at radius 2 is 2.03 bits per heavy atom. The van der Waals surface area contributed by atoms with Gasteiger partial charge in [-0.25, -0.2) is 9.78 Å². The van der Waals surface area contributed by atoms with Crippen molar-refractivity contribution in [3.05, 3.63) is 41.7 Å². The fourth-order valence-corrected chi connectivity index (χ4v) is 4.01. The summed E-state index contributed by atoms with van der Waals surface area (Å²) in [5, 5.41) is 9.92. The molecule has 8 nitrogen and oxygen atoms in total. The second-order valence-electron chi connectivity index (χ2n) is 7.78. The number of amides is 1. The molecule has 0 bridgehead atoms. The predicted molar refractivity (Wildman–Crippen MR) is 107 cm³/mol. The number of hydrogen-bond donors (Lipinski definition) is 0. The molecule has 3 aliphatic rings. The van der Waals surface area contributed by atoms with Crippen LogP contribution < -0.4 is 4.90 Å². The number of rotatable bonds is 3. The van der Waals surface area contributed by atoms with Gasteiger partial charge < -0.3 is 19.1 Å².